The fraction of sp³-hybridized carbons (Fsp3) is 0.350. The smallest absolute Gasteiger partial charge is 0.313 e. The van der Waals surface area contributed by atoms with Gasteiger partial charge in [-0.3, -0.25) is 4.79 Å². The van der Waals surface area contributed by atoms with Crippen LogP contribution in [0, 0.1) is 0 Å². The van der Waals surface area contributed by atoms with Gasteiger partial charge in [0, 0.05) is 0 Å². The summed E-state index contributed by atoms with van der Waals surface area (Å²) in [6, 6.07) is 18.1. The number of rotatable bonds is 8. The zero-order chi connectivity index (χ0) is 16.5. The molecule has 0 heterocycles. The molecule has 2 aromatic rings. The molecular weight excluding hydrogens is 288 g/mol. The van der Waals surface area contributed by atoms with Crippen LogP contribution in [-0.4, -0.2) is 20.2 Å². The number of benzene rings is 2. The highest BCUT2D eigenvalue weighted by molar-refractivity contribution is 5.78. The first-order chi connectivity index (χ1) is 11.2. The lowest BCUT2D eigenvalue weighted by molar-refractivity contribution is -0.142. The number of carbonyl (C=O) groups excluding carboxylic acids is 1. The second kappa shape index (κ2) is 8.99. The first kappa shape index (κ1) is 17.1. The van der Waals surface area contributed by atoms with Crippen LogP contribution in [-0.2, 0) is 16.0 Å². The molecule has 2 rings (SSSR count). The summed E-state index contributed by atoms with van der Waals surface area (Å²) in [5, 5.41) is 0. The number of ether oxygens (including phenoxy) is 2. The Hall–Kier alpha value is -2.29. The summed E-state index contributed by atoms with van der Waals surface area (Å²) in [6.45, 7) is 0. The average molecular weight is 312 g/mol. The largest absolute Gasteiger partial charge is 0.497 e. The molecule has 0 amide bonds. The van der Waals surface area contributed by atoms with Gasteiger partial charge in [0.25, 0.3) is 0 Å². The fourth-order valence-corrected chi connectivity index (χ4v) is 2.72. The van der Waals surface area contributed by atoms with Gasteiger partial charge in [-0.15, -0.1) is 0 Å². The summed E-state index contributed by atoms with van der Waals surface area (Å²) in [7, 11) is 3.08. The maximum absolute atomic E-state index is 12.1. The van der Waals surface area contributed by atoms with E-state index in [4.69, 9.17) is 9.47 Å². The van der Waals surface area contributed by atoms with Crippen molar-refractivity contribution in [2.24, 2.45) is 0 Å². The summed E-state index contributed by atoms with van der Waals surface area (Å²) in [5.74, 6) is 0.415. The summed E-state index contributed by atoms with van der Waals surface area (Å²) in [4.78, 5) is 12.1. The SMILES string of the molecule is COC(=O)C(CCCCc1ccccc1)c1ccc(OC)cc1. The molecule has 0 aliphatic carbocycles. The first-order valence-corrected chi connectivity index (χ1v) is 8.00. The van der Waals surface area contributed by atoms with Crippen molar-refractivity contribution in [2.75, 3.05) is 14.2 Å². The van der Waals surface area contributed by atoms with Crippen molar-refractivity contribution in [2.45, 2.75) is 31.6 Å². The maximum Gasteiger partial charge on any atom is 0.313 e. The Balaban J connectivity index is 1.91. The molecule has 2 aromatic carbocycles. The van der Waals surface area contributed by atoms with E-state index in [0.717, 1.165) is 37.0 Å². The number of carbonyl (C=O) groups is 1. The lowest BCUT2D eigenvalue weighted by atomic mass is 9.92. The normalized spacial score (nSPS) is 11.7. The molecule has 0 radical (unpaired) electrons. The van der Waals surface area contributed by atoms with Crippen molar-refractivity contribution in [3.8, 4) is 5.75 Å². The van der Waals surface area contributed by atoms with E-state index < -0.39 is 0 Å². The quantitative estimate of drug-likeness (QED) is 0.536. The highest BCUT2D eigenvalue weighted by atomic mass is 16.5. The lowest BCUT2D eigenvalue weighted by Crippen LogP contribution is -2.14. The van der Waals surface area contributed by atoms with E-state index in [1.165, 1.54) is 12.7 Å². The lowest BCUT2D eigenvalue weighted by Gasteiger charge is -2.15. The van der Waals surface area contributed by atoms with Gasteiger partial charge >= 0.3 is 5.97 Å². The van der Waals surface area contributed by atoms with E-state index in [2.05, 4.69) is 24.3 Å². The second-order valence-electron chi connectivity index (χ2n) is 5.58. The molecule has 0 saturated carbocycles. The topological polar surface area (TPSA) is 35.5 Å². The van der Waals surface area contributed by atoms with Crippen LogP contribution < -0.4 is 4.74 Å². The minimum atomic E-state index is -0.207. The molecule has 0 fully saturated rings. The van der Waals surface area contributed by atoms with Crippen molar-refractivity contribution in [3.63, 3.8) is 0 Å². The molecule has 0 saturated heterocycles. The van der Waals surface area contributed by atoms with Gasteiger partial charge in [0.15, 0.2) is 0 Å². The average Bonchev–Trinajstić information content (AvgIpc) is 2.62. The van der Waals surface area contributed by atoms with Crippen LogP contribution in [0.2, 0.25) is 0 Å². The van der Waals surface area contributed by atoms with Gasteiger partial charge in [-0.1, -0.05) is 48.9 Å². The molecule has 0 bridgehead atoms. The molecule has 23 heavy (non-hydrogen) atoms. The van der Waals surface area contributed by atoms with Gasteiger partial charge < -0.3 is 9.47 Å². The third-order valence-corrected chi connectivity index (χ3v) is 4.05. The van der Waals surface area contributed by atoms with E-state index >= 15 is 0 Å². The van der Waals surface area contributed by atoms with Crippen molar-refractivity contribution in [1.29, 1.82) is 0 Å². The minimum Gasteiger partial charge on any atom is -0.497 e. The predicted octanol–water partition coefficient (Wildman–Crippen LogP) is 4.36. The highest BCUT2D eigenvalue weighted by Gasteiger charge is 2.20. The van der Waals surface area contributed by atoms with Crippen molar-refractivity contribution >= 4 is 5.97 Å². The molecule has 0 N–H and O–H groups in total. The summed E-state index contributed by atoms with van der Waals surface area (Å²) in [6.07, 6.45) is 3.89. The molecule has 0 spiro atoms. The summed E-state index contributed by atoms with van der Waals surface area (Å²) >= 11 is 0. The van der Waals surface area contributed by atoms with Gasteiger partial charge in [0.1, 0.15) is 5.75 Å². The Morgan fingerprint density at radius 1 is 0.957 bits per heavy atom. The Labute approximate surface area is 138 Å². The van der Waals surface area contributed by atoms with E-state index in [0.29, 0.717) is 0 Å². The highest BCUT2D eigenvalue weighted by Crippen LogP contribution is 2.26. The van der Waals surface area contributed by atoms with Crippen LogP contribution in [0.25, 0.3) is 0 Å². The van der Waals surface area contributed by atoms with Gasteiger partial charge in [-0.05, 0) is 42.5 Å². The van der Waals surface area contributed by atoms with Crippen LogP contribution >= 0.6 is 0 Å². The van der Waals surface area contributed by atoms with Gasteiger partial charge in [0.2, 0.25) is 0 Å². The zero-order valence-electron chi connectivity index (χ0n) is 13.8. The molecule has 0 aliphatic heterocycles. The Bertz CT molecular complexity index is 590. The second-order valence-corrected chi connectivity index (χ2v) is 5.58. The van der Waals surface area contributed by atoms with E-state index in [1.54, 1.807) is 7.11 Å². The molecule has 3 heteroatoms. The predicted molar refractivity (Wildman–Crippen MR) is 91.7 cm³/mol. The number of hydrogen-bond donors (Lipinski definition) is 0. The number of esters is 1. The molecule has 0 aromatic heterocycles. The third kappa shape index (κ3) is 5.13. The van der Waals surface area contributed by atoms with Crippen LogP contribution in [0.15, 0.2) is 54.6 Å². The maximum atomic E-state index is 12.1. The van der Waals surface area contributed by atoms with Crippen molar-refractivity contribution in [3.05, 3.63) is 65.7 Å². The van der Waals surface area contributed by atoms with Crippen molar-refractivity contribution in [1.82, 2.24) is 0 Å². The van der Waals surface area contributed by atoms with Crippen LogP contribution in [0.1, 0.15) is 36.3 Å². The molecule has 1 atom stereocenters. The third-order valence-electron chi connectivity index (χ3n) is 4.05. The van der Waals surface area contributed by atoms with E-state index in [9.17, 15) is 4.79 Å². The fourth-order valence-electron chi connectivity index (χ4n) is 2.72. The Kier molecular flexibility index (Phi) is 6.67. The summed E-state index contributed by atoms with van der Waals surface area (Å²) < 4.78 is 10.1. The Morgan fingerprint density at radius 2 is 1.65 bits per heavy atom. The van der Waals surface area contributed by atoms with Gasteiger partial charge in [-0.25, -0.2) is 0 Å². The standard InChI is InChI=1S/C20H24O3/c1-22-18-14-12-17(13-15-18)19(20(21)23-2)11-7-6-10-16-8-4-3-5-9-16/h3-5,8-9,12-15,19H,6-7,10-11H2,1-2H3. The summed E-state index contributed by atoms with van der Waals surface area (Å²) in [5.41, 5.74) is 2.32. The van der Waals surface area contributed by atoms with Crippen molar-refractivity contribution < 1.29 is 14.3 Å². The molecule has 3 nitrogen and oxygen atoms in total. The van der Waals surface area contributed by atoms with Gasteiger partial charge in [-0.2, -0.15) is 0 Å². The monoisotopic (exact) mass is 312 g/mol. The first-order valence-electron chi connectivity index (χ1n) is 8.00. The number of unbranched alkanes of at least 4 members (excludes halogenated alkanes) is 1. The number of hydrogen-bond acceptors (Lipinski definition) is 3. The van der Waals surface area contributed by atoms with E-state index in [1.807, 2.05) is 30.3 Å². The Morgan fingerprint density at radius 3 is 2.26 bits per heavy atom. The zero-order valence-corrected chi connectivity index (χ0v) is 13.8. The van der Waals surface area contributed by atoms with Crippen LogP contribution in [0.5, 0.6) is 5.75 Å². The molecule has 1 unspecified atom stereocenters. The molecule has 122 valence electrons. The minimum absolute atomic E-state index is 0.171. The molecular formula is C20H24O3. The molecule has 0 aliphatic rings. The number of methoxy groups -OCH3 is 2. The van der Waals surface area contributed by atoms with E-state index in [-0.39, 0.29) is 11.9 Å². The number of aryl methyl sites for hydroxylation is 1. The van der Waals surface area contributed by atoms with Crippen LogP contribution in [0.3, 0.4) is 0 Å². The van der Waals surface area contributed by atoms with Crippen LogP contribution in [0.4, 0.5) is 0 Å². The van der Waals surface area contributed by atoms with Gasteiger partial charge in [0.05, 0.1) is 20.1 Å².